The maximum atomic E-state index is 5.03. The van der Waals surface area contributed by atoms with Crippen molar-refractivity contribution in [1.82, 2.24) is 9.38 Å². The lowest BCUT2D eigenvalue weighted by atomic mass is 9.96. The van der Waals surface area contributed by atoms with Crippen molar-refractivity contribution in [2.24, 2.45) is 0 Å². The Morgan fingerprint density at radius 1 is 0.500 bits per heavy atom. The molecular formula is C37H24N2S. The normalized spacial score (nSPS) is 11.5. The van der Waals surface area contributed by atoms with E-state index in [2.05, 4.69) is 144 Å². The lowest BCUT2D eigenvalue weighted by Crippen LogP contribution is -1.89. The van der Waals surface area contributed by atoms with Crippen molar-refractivity contribution in [3.8, 4) is 44.8 Å². The van der Waals surface area contributed by atoms with Crippen LogP contribution in [-0.2, 0) is 0 Å². The molecule has 0 spiro atoms. The Hall–Kier alpha value is -4.99. The van der Waals surface area contributed by atoms with Crippen molar-refractivity contribution in [2.45, 2.75) is 0 Å². The summed E-state index contributed by atoms with van der Waals surface area (Å²) in [5.41, 5.74) is 10.3. The van der Waals surface area contributed by atoms with E-state index in [1.54, 1.807) is 0 Å². The van der Waals surface area contributed by atoms with Gasteiger partial charge in [0, 0.05) is 37.5 Å². The third-order valence-electron chi connectivity index (χ3n) is 7.65. The van der Waals surface area contributed by atoms with E-state index in [0.29, 0.717) is 0 Å². The molecule has 0 radical (unpaired) electrons. The summed E-state index contributed by atoms with van der Waals surface area (Å²) in [6.07, 6.45) is 2.09. The highest BCUT2D eigenvalue weighted by Gasteiger charge is 2.16. The SMILES string of the molecule is c1ccc(-c2c(-c3ccc(-c4cccc(-c5cccc6c5sc5ccccc56)c4)cc3)nc3ccccn23)cc1. The molecule has 0 aliphatic rings. The second kappa shape index (κ2) is 9.33. The Balaban J connectivity index is 1.20. The molecule has 40 heavy (non-hydrogen) atoms. The molecular weight excluding hydrogens is 504 g/mol. The zero-order chi connectivity index (χ0) is 26.5. The Morgan fingerprint density at radius 3 is 2.10 bits per heavy atom. The van der Waals surface area contributed by atoms with Crippen LogP contribution >= 0.6 is 11.3 Å². The van der Waals surface area contributed by atoms with Crippen LogP contribution < -0.4 is 0 Å². The van der Waals surface area contributed by atoms with Gasteiger partial charge in [-0.3, -0.25) is 4.40 Å². The van der Waals surface area contributed by atoms with Gasteiger partial charge in [-0.15, -0.1) is 11.3 Å². The van der Waals surface area contributed by atoms with Crippen LogP contribution in [0, 0.1) is 0 Å². The van der Waals surface area contributed by atoms with Gasteiger partial charge in [0.15, 0.2) is 0 Å². The number of nitrogens with zero attached hydrogens (tertiary/aromatic N) is 2. The van der Waals surface area contributed by atoms with Gasteiger partial charge in [-0.05, 0) is 46.5 Å². The van der Waals surface area contributed by atoms with Crippen LogP contribution in [0.1, 0.15) is 0 Å². The van der Waals surface area contributed by atoms with Crippen LogP contribution in [0.5, 0.6) is 0 Å². The van der Waals surface area contributed by atoms with Gasteiger partial charge in [-0.25, -0.2) is 4.98 Å². The molecule has 2 nitrogen and oxygen atoms in total. The minimum absolute atomic E-state index is 0.948. The Kier molecular flexibility index (Phi) is 5.35. The van der Waals surface area contributed by atoms with Crippen LogP contribution in [-0.4, -0.2) is 9.38 Å². The van der Waals surface area contributed by atoms with Crippen LogP contribution in [0.25, 0.3) is 70.6 Å². The van der Waals surface area contributed by atoms with Crippen LogP contribution in [0.15, 0.2) is 146 Å². The largest absolute Gasteiger partial charge is 0.299 e. The minimum atomic E-state index is 0.948. The second-order valence-electron chi connectivity index (χ2n) is 10.0. The number of hydrogen-bond donors (Lipinski definition) is 0. The average molecular weight is 529 g/mol. The molecule has 0 saturated heterocycles. The fraction of sp³-hybridized carbons (Fsp3) is 0. The van der Waals surface area contributed by atoms with E-state index in [0.717, 1.165) is 28.2 Å². The van der Waals surface area contributed by atoms with Gasteiger partial charge in [0.1, 0.15) is 5.65 Å². The lowest BCUT2D eigenvalue weighted by Gasteiger charge is -2.09. The Bertz CT molecular complexity index is 2150. The molecule has 0 aliphatic carbocycles. The minimum Gasteiger partial charge on any atom is -0.299 e. The molecule has 0 aliphatic heterocycles. The molecule has 5 aromatic carbocycles. The standard InChI is InChI=1S/C37H24N2S/c1-2-10-27(11-3-1)36-35(38-34-18-6-7-23-39(34)36)26-21-19-25(20-22-26)28-12-8-13-29(24-28)30-15-9-16-32-31-14-4-5-17-33(31)40-37(30)32/h1-24H. The lowest BCUT2D eigenvalue weighted by molar-refractivity contribution is 1.19. The summed E-state index contributed by atoms with van der Waals surface area (Å²) in [4.78, 5) is 5.03. The molecule has 0 atom stereocenters. The molecule has 0 unspecified atom stereocenters. The summed E-state index contributed by atoms with van der Waals surface area (Å²) in [5, 5.41) is 2.66. The maximum Gasteiger partial charge on any atom is 0.137 e. The average Bonchev–Trinajstić information content (AvgIpc) is 3.61. The van der Waals surface area contributed by atoms with Crippen molar-refractivity contribution < 1.29 is 0 Å². The van der Waals surface area contributed by atoms with Gasteiger partial charge in [0.05, 0.1) is 11.4 Å². The van der Waals surface area contributed by atoms with E-state index < -0.39 is 0 Å². The van der Waals surface area contributed by atoms with Crippen LogP contribution in [0.3, 0.4) is 0 Å². The third kappa shape index (κ3) is 3.75. The number of hydrogen-bond acceptors (Lipinski definition) is 2. The maximum absolute atomic E-state index is 5.03. The summed E-state index contributed by atoms with van der Waals surface area (Å²) in [7, 11) is 0. The van der Waals surface area contributed by atoms with Gasteiger partial charge >= 0.3 is 0 Å². The number of imidazole rings is 1. The molecule has 0 fully saturated rings. The summed E-state index contributed by atoms with van der Waals surface area (Å²) in [5.74, 6) is 0. The summed E-state index contributed by atoms with van der Waals surface area (Å²) < 4.78 is 4.85. The number of fused-ring (bicyclic) bond motifs is 4. The first-order valence-electron chi connectivity index (χ1n) is 13.5. The van der Waals surface area contributed by atoms with E-state index in [-0.39, 0.29) is 0 Å². The van der Waals surface area contributed by atoms with Crippen LogP contribution in [0.4, 0.5) is 0 Å². The first kappa shape index (κ1) is 22.9. The molecule has 3 heterocycles. The quantitative estimate of drug-likeness (QED) is 0.222. The smallest absolute Gasteiger partial charge is 0.137 e. The zero-order valence-electron chi connectivity index (χ0n) is 21.7. The first-order valence-corrected chi connectivity index (χ1v) is 14.3. The topological polar surface area (TPSA) is 17.3 Å². The Morgan fingerprint density at radius 2 is 1.20 bits per heavy atom. The third-order valence-corrected chi connectivity index (χ3v) is 8.87. The van der Waals surface area contributed by atoms with Crippen molar-refractivity contribution in [3.63, 3.8) is 0 Å². The van der Waals surface area contributed by atoms with Gasteiger partial charge in [0.2, 0.25) is 0 Å². The van der Waals surface area contributed by atoms with Crippen molar-refractivity contribution in [3.05, 3.63) is 146 Å². The van der Waals surface area contributed by atoms with E-state index in [1.165, 1.54) is 42.4 Å². The van der Waals surface area contributed by atoms with Gasteiger partial charge < -0.3 is 0 Å². The fourth-order valence-corrected chi connectivity index (χ4v) is 6.97. The van der Waals surface area contributed by atoms with E-state index in [9.17, 15) is 0 Å². The number of pyridine rings is 1. The summed E-state index contributed by atoms with van der Waals surface area (Å²) in [6, 6.07) is 49.7. The number of aromatic nitrogens is 2. The number of rotatable bonds is 4. The summed E-state index contributed by atoms with van der Waals surface area (Å²) >= 11 is 1.88. The number of thiophene rings is 1. The predicted octanol–water partition coefficient (Wildman–Crippen LogP) is 10.4. The highest BCUT2D eigenvalue weighted by Crippen LogP contribution is 2.41. The fourth-order valence-electron chi connectivity index (χ4n) is 5.73. The molecule has 8 rings (SSSR count). The molecule has 3 heteroatoms. The first-order chi connectivity index (χ1) is 19.8. The molecule has 8 aromatic rings. The zero-order valence-corrected chi connectivity index (χ0v) is 22.5. The van der Waals surface area contributed by atoms with Crippen molar-refractivity contribution in [2.75, 3.05) is 0 Å². The Labute approximate surface area is 236 Å². The van der Waals surface area contributed by atoms with E-state index in [4.69, 9.17) is 4.98 Å². The van der Waals surface area contributed by atoms with Gasteiger partial charge in [-0.2, -0.15) is 0 Å². The molecule has 0 amide bonds. The highest BCUT2D eigenvalue weighted by atomic mass is 32.1. The van der Waals surface area contributed by atoms with E-state index in [1.807, 2.05) is 17.4 Å². The van der Waals surface area contributed by atoms with E-state index >= 15 is 0 Å². The molecule has 0 N–H and O–H groups in total. The highest BCUT2D eigenvalue weighted by molar-refractivity contribution is 7.26. The second-order valence-corrected chi connectivity index (χ2v) is 11.1. The molecule has 3 aromatic heterocycles. The number of benzene rings is 5. The predicted molar refractivity (Wildman–Crippen MR) is 170 cm³/mol. The van der Waals surface area contributed by atoms with Crippen molar-refractivity contribution in [1.29, 1.82) is 0 Å². The molecule has 0 saturated carbocycles. The van der Waals surface area contributed by atoms with Crippen molar-refractivity contribution >= 4 is 37.2 Å². The summed E-state index contributed by atoms with van der Waals surface area (Å²) in [6.45, 7) is 0. The molecule has 188 valence electrons. The van der Waals surface area contributed by atoms with Gasteiger partial charge in [0.25, 0.3) is 0 Å². The molecule has 0 bridgehead atoms. The van der Waals surface area contributed by atoms with Gasteiger partial charge in [-0.1, -0.05) is 115 Å². The van der Waals surface area contributed by atoms with Crippen LogP contribution in [0.2, 0.25) is 0 Å². The monoisotopic (exact) mass is 528 g/mol.